The first-order valence-electron chi connectivity index (χ1n) is 5.35. The van der Waals surface area contributed by atoms with Crippen LogP contribution < -0.4 is 5.73 Å². The predicted molar refractivity (Wildman–Crippen MR) is 70.5 cm³/mol. The second kappa shape index (κ2) is 8.04. The number of amidine groups is 1. The summed E-state index contributed by atoms with van der Waals surface area (Å²) in [5.41, 5.74) is 5.74. The molecule has 0 aliphatic carbocycles. The number of nitro benzene ring substituents is 1. The summed E-state index contributed by atoms with van der Waals surface area (Å²) in [6.45, 7) is 5.79. The quantitative estimate of drug-likeness (QED) is 0.378. The second-order valence-electron chi connectivity index (χ2n) is 2.78. The maximum atomic E-state index is 10.6. The molecule has 0 spiro atoms. The van der Waals surface area contributed by atoms with E-state index in [0.29, 0.717) is 0 Å². The van der Waals surface area contributed by atoms with Gasteiger partial charge < -0.3 is 5.73 Å². The Bertz CT molecular complexity index is 426. The summed E-state index contributed by atoms with van der Waals surface area (Å²) in [5.74, 6) is 0.242. The zero-order valence-corrected chi connectivity index (χ0v) is 10.3. The van der Waals surface area contributed by atoms with Crippen LogP contribution in [0.25, 0.3) is 0 Å². The molecular weight excluding hydrogens is 218 g/mol. The van der Waals surface area contributed by atoms with Crippen LogP contribution in [0.5, 0.6) is 0 Å². The average molecular weight is 235 g/mol. The summed E-state index contributed by atoms with van der Waals surface area (Å²) >= 11 is 0. The summed E-state index contributed by atoms with van der Waals surface area (Å²) < 4.78 is 0. The third-order valence-corrected chi connectivity index (χ3v) is 1.67. The Morgan fingerprint density at radius 1 is 1.41 bits per heavy atom. The summed E-state index contributed by atoms with van der Waals surface area (Å²) in [7, 11) is 0. The van der Waals surface area contributed by atoms with Gasteiger partial charge in [0.1, 0.15) is 11.5 Å². The van der Waals surface area contributed by atoms with Gasteiger partial charge in [0.2, 0.25) is 0 Å². The molecule has 0 bridgehead atoms. The molecule has 1 rings (SSSR count). The van der Waals surface area contributed by atoms with Crippen molar-refractivity contribution >= 4 is 17.2 Å². The van der Waals surface area contributed by atoms with E-state index in [2.05, 4.69) is 4.99 Å². The van der Waals surface area contributed by atoms with Crippen molar-refractivity contribution in [2.75, 3.05) is 0 Å². The van der Waals surface area contributed by atoms with Crippen LogP contribution in [0.4, 0.5) is 11.4 Å². The van der Waals surface area contributed by atoms with Crippen LogP contribution in [-0.2, 0) is 0 Å². The molecule has 0 unspecified atom stereocenters. The molecule has 0 radical (unpaired) electrons. The minimum atomic E-state index is -0.484. The monoisotopic (exact) mass is 235 g/mol. The third-order valence-electron chi connectivity index (χ3n) is 1.67. The van der Waals surface area contributed by atoms with Crippen LogP contribution in [0, 0.1) is 10.1 Å². The molecule has 92 valence electrons. The Morgan fingerprint density at radius 2 is 2.00 bits per heavy atom. The van der Waals surface area contributed by atoms with E-state index < -0.39 is 4.92 Å². The molecule has 0 fully saturated rings. The highest BCUT2D eigenvalue weighted by molar-refractivity contribution is 5.93. The highest BCUT2D eigenvalue weighted by Crippen LogP contribution is 2.26. The number of aliphatic imine (C=N–C) groups is 1. The van der Waals surface area contributed by atoms with Gasteiger partial charge in [0.05, 0.1) is 4.92 Å². The molecule has 0 heterocycles. The Hall–Kier alpha value is -2.17. The van der Waals surface area contributed by atoms with Gasteiger partial charge in [-0.1, -0.05) is 32.1 Å². The summed E-state index contributed by atoms with van der Waals surface area (Å²) in [5, 5.41) is 10.6. The van der Waals surface area contributed by atoms with Crippen LogP contribution in [0.3, 0.4) is 0 Å². The van der Waals surface area contributed by atoms with Gasteiger partial charge in [-0.15, -0.1) is 0 Å². The first kappa shape index (κ1) is 14.8. The second-order valence-corrected chi connectivity index (χ2v) is 2.78. The van der Waals surface area contributed by atoms with E-state index in [1.807, 2.05) is 13.8 Å². The van der Waals surface area contributed by atoms with Gasteiger partial charge in [-0.2, -0.15) is 0 Å². The standard InChI is InChI=1S/C10H11N3O2.C2H6/c1-2-5-10(11)12-8-6-3-4-7-9(8)13(14)15;1-2/h2-7H,1H3,(H2,11,12);1-2H3/b5-2-;. The molecule has 1 aromatic carbocycles. The number of nitrogens with two attached hydrogens (primary N) is 1. The number of benzene rings is 1. The van der Waals surface area contributed by atoms with Crippen LogP contribution in [0.15, 0.2) is 41.4 Å². The molecule has 0 saturated carbocycles. The minimum absolute atomic E-state index is 0.0510. The number of nitro groups is 1. The molecule has 5 heteroatoms. The number of rotatable bonds is 3. The Labute approximate surface area is 101 Å². The maximum absolute atomic E-state index is 10.6. The number of para-hydroxylation sites is 2. The van der Waals surface area contributed by atoms with E-state index in [9.17, 15) is 10.1 Å². The molecule has 1 aromatic rings. The van der Waals surface area contributed by atoms with Crippen LogP contribution in [-0.4, -0.2) is 10.8 Å². The highest BCUT2D eigenvalue weighted by atomic mass is 16.6. The van der Waals surface area contributed by atoms with Crippen molar-refractivity contribution < 1.29 is 4.92 Å². The lowest BCUT2D eigenvalue weighted by molar-refractivity contribution is -0.384. The van der Waals surface area contributed by atoms with Gasteiger partial charge in [-0.3, -0.25) is 10.1 Å². The van der Waals surface area contributed by atoms with E-state index in [1.165, 1.54) is 6.07 Å². The lowest BCUT2D eigenvalue weighted by Crippen LogP contribution is -2.06. The molecule has 0 saturated heterocycles. The Balaban J connectivity index is 0.00000121. The van der Waals surface area contributed by atoms with Crippen molar-refractivity contribution in [3.63, 3.8) is 0 Å². The minimum Gasteiger partial charge on any atom is -0.384 e. The fourth-order valence-electron chi connectivity index (χ4n) is 1.06. The van der Waals surface area contributed by atoms with Gasteiger partial charge in [0.15, 0.2) is 0 Å². The number of hydrogen-bond donors (Lipinski definition) is 1. The summed E-state index contributed by atoms with van der Waals surface area (Å²) in [6, 6.07) is 6.20. The molecule has 0 atom stereocenters. The Kier molecular flexibility index (Phi) is 7.01. The van der Waals surface area contributed by atoms with E-state index in [1.54, 1.807) is 37.3 Å². The van der Waals surface area contributed by atoms with Gasteiger partial charge in [-0.05, 0) is 19.1 Å². The van der Waals surface area contributed by atoms with E-state index in [-0.39, 0.29) is 17.2 Å². The normalized spacial score (nSPS) is 10.9. The molecule has 0 aliphatic heterocycles. The number of nitrogens with zero attached hydrogens (tertiary/aromatic N) is 2. The summed E-state index contributed by atoms with van der Waals surface area (Å²) in [6.07, 6.45) is 3.30. The molecular formula is C12H17N3O2. The Morgan fingerprint density at radius 3 is 2.53 bits per heavy atom. The molecule has 0 aromatic heterocycles. The highest BCUT2D eigenvalue weighted by Gasteiger charge is 2.10. The van der Waals surface area contributed by atoms with E-state index >= 15 is 0 Å². The molecule has 0 aliphatic rings. The van der Waals surface area contributed by atoms with Crippen molar-refractivity contribution in [3.8, 4) is 0 Å². The van der Waals surface area contributed by atoms with Gasteiger partial charge in [0, 0.05) is 6.07 Å². The van der Waals surface area contributed by atoms with Crippen molar-refractivity contribution in [2.24, 2.45) is 10.7 Å². The van der Waals surface area contributed by atoms with E-state index in [0.717, 1.165) is 0 Å². The number of hydrogen-bond acceptors (Lipinski definition) is 3. The van der Waals surface area contributed by atoms with Gasteiger partial charge in [0.25, 0.3) is 5.69 Å². The fourth-order valence-corrected chi connectivity index (χ4v) is 1.06. The molecule has 17 heavy (non-hydrogen) atoms. The smallest absolute Gasteiger partial charge is 0.294 e. The average Bonchev–Trinajstić information content (AvgIpc) is 2.32. The zero-order chi connectivity index (χ0) is 13.3. The topological polar surface area (TPSA) is 81.5 Å². The van der Waals surface area contributed by atoms with Crippen LogP contribution in [0.1, 0.15) is 20.8 Å². The van der Waals surface area contributed by atoms with Crippen molar-refractivity contribution in [3.05, 3.63) is 46.5 Å². The summed E-state index contributed by atoms with van der Waals surface area (Å²) in [4.78, 5) is 14.1. The lowest BCUT2D eigenvalue weighted by atomic mass is 10.3. The van der Waals surface area contributed by atoms with Crippen LogP contribution in [0.2, 0.25) is 0 Å². The largest absolute Gasteiger partial charge is 0.384 e. The van der Waals surface area contributed by atoms with Crippen molar-refractivity contribution in [1.82, 2.24) is 0 Å². The van der Waals surface area contributed by atoms with E-state index in [4.69, 9.17) is 5.73 Å². The van der Waals surface area contributed by atoms with Gasteiger partial charge >= 0.3 is 0 Å². The number of allylic oxidation sites excluding steroid dienone is 1. The van der Waals surface area contributed by atoms with Gasteiger partial charge in [-0.25, -0.2) is 4.99 Å². The molecule has 0 amide bonds. The fraction of sp³-hybridized carbons (Fsp3) is 0.250. The van der Waals surface area contributed by atoms with Crippen molar-refractivity contribution in [1.29, 1.82) is 0 Å². The predicted octanol–water partition coefficient (Wildman–Crippen LogP) is 3.19. The lowest BCUT2D eigenvalue weighted by Gasteiger charge is -1.97. The SMILES string of the molecule is C/C=C\C(N)=Nc1ccccc1[N+](=O)[O-].CC. The third kappa shape index (κ3) is 4.92. The van der Waals surface area contributed by atoms with Crippen molar-refractivity contribution in [2.45, 2.75) is 20.8 Å². The first-order valence-corrected chi connectivity index (χ1v) is 5.35. The first-order chi connectivity index (χ1) is 8.15. The zero-order valence-electron chi connectivity index (χ0n) is 10.3. The molecule has 5 nitrogen and oxygen atoms in total. The van der Waals surface area contributed by atoms with Crippen LogP contribution >= 0.6 is 0 Å². The maximum Gasteiger partial charge on any atom is 0.294 e. The molecule has 2 N–H and O–H groups in total.